The van der Waals surface area contributed by atoms with Gasteiger partial charge in [-0.25, -0.2) is 12.8 Å². The van der Waals surface area contributed by atoms with Crippen molar-refractivity contribution in [3.8, 4) is 0 Å². The van der Waals surface area contributed by atoms with E-state index in [-0.39, 0.29) is 43.2 Å². The fraction of sp³-hybridized carbons (Fsp3) is 0.533. The lowest BCUT2D eigenvalue weighted by atomic mass is 9.95. The van der Waals surface area contributed by atoms with Crippen LogP contribution in [0.5, 0.6) is 0 Å². The molecule has 7 nitrogen and oxygen atoms in total. The summed E-state index contributed by atoms with van der Waals surface area (Å²) >= 11 is 0. The number of hydrogen-bond acceptors (Lipinski definition) is 4. The highest BCUT2D eigenvalue weighted by atomic mass is 32.2. The Morgan fingerprint density at radius 2 is 1.72 bits per heavy atom. The molecule has 1 saturated carbocycles. The SMILES string of the molecule is CC[C@@H](C(=O)NC1CCCCC1)N(Cc1ccc(F)cc1)C(=O)CCCN(c1cc(C)ccc1C)S(C)(=O)=O. The van der Waals surface area contributed by atoms with Crippen LogP contribution >= 0.6 is 0 Å². The third kappa shape index (κ3) is 8.78. The van der Waals surface area contributed by atoms with Gasteiger partial charge in [-0.15, -0.1) is 0 Å². The number of nitrogens with zero attached hydrogens (tertiary/aromatic N) is 2. The maximum atomic E-state index is 13.6. The van der Waals surface area contributed by atoms with Gasteiger partial charge >= 0.3 is 0 Å². The van der Waals surface area contributed by atoms with Crippen molar-refractivity contribution in [1.82, 2.24) is 10.2 Å². The standard InChI is InChI=1S/C30H42FN3O4S/c1-5-27(30(36)32-26-10-7-6-8-11-26)33(21-24-15-17-25(31)18-16-24)29(35)12-9-19-34(39(4,37)38)28-20-22(2)13-14-23(28)3/h13-18,20,26-27H,5-12,19,21H2,1-4H3,(H,32,36)/t27-/m0/s1. The second-order valence-electron chi connectivity index (χ2n) is 10.6. The normalized spacial score (nSPS) is 15.0. The zero-order chi connectivity index (χ0) is 28.6. The third-order valence-electron chi connectivity index (χ3n) is 7.39. The number of benzene rings is 2. The fourth-order valence-electron chi connectivity index (χ4n) is 5.22. The molecule has 0 heterocycles. The lowest BCUT2D eigenvalue weighted by molar-refractivity contribution is -0.141. The first-order valence-corrected chi connectivity index (χ1v) is 15.7. The van der Waals surface area contributed by atoms with Gasteiger partial charge in [0.05, 0.1) is 11.9 Å². The van der Waals surface area contributed by atoms with Gasteiger partial charge in [0.2, 0.25) is 21.8 Å². The van der Waals surface area contributed by atoms with Gasteiger partial charge in [-0.2, -0.15) is 0 Å². The minimum atomic E-state index is -3.57. The van der Waals surface area contributed by atoms with Gasteiger partial charge in [-0.3, -0.25) is 13.9 Å². The Hall–Kier alpha value is -2.94. The van der Waals surface area contributed by atoms with Crippen molar-refractivity contribution >= 4 is 27.5 Å². The van der Waals surface area contributed by atoms with Crippen molar-refractivity contribution in [3.63, 3.8) is 0 Å². The predicted molar refractivity (Wildman–Crippen MR) is 153 cm³/mol. The van der Waals surface area contributed by atoms with Crippen LogP contribution in [0.15, 0.2) is 42.5 Å². The summed E-state index contributed by atoms with van der Waals surface area (Å²) in [6, 6.07) is 11.0. The Balaban J connectivity index is 1.77. The molecule has 39 heavy (non-hydrogen) atoms. The average Bonchev–Trinajstić information content (AvgIpc) is 2.89. The summed E-state index contributed by atoms with van der Waals surface area (Å²) < 4.78 is 40.2. The molecular weight excluding hydrogens is 517 g/mol. The Morgan fingerprint density at radius 3 is 2.33 bits per heavy atom. The molecule has 9 heteroatoms. The lowest BCUT2D eigenvalue weighted by Crippen LogP contribution is -2.51. The number of aryl methyl sites for hydroxylation is 2. The van der Waals surface area contributed by atoms with Crippen LogP contribution in [0.2, 0.25) is 0 Å². The van der Waals surface area contributed by atoms with Crippen molar-refractivity contribution in [2.45, 2.75) is 90.8 Å². The van der Waals surface area contributed by atoms with E-state index in [9.17, 15) is 22.4 Å². The molecule has 0 saturated heterocycles. The van der Waals surface area contributed by atoms with E-state index in [1.807, 2.05) is 39.0 Å². The molecule has 2 amide bonds. The summed E-state index contributed by atoms with van der Waals surface area (Å²) in [6.07, 6.45) is 7.18. The van der Waals surface area contributed by atoms with E-state index < -0.39 is 16.1 Å². The molecule has 1 N–H and O–H groups in total. The van der Waals surface area contributed by atoms with Gasteiger partial charge in [-0.05, 0) is 74.4 Å². The van der Waals surface area contributed by atoms with Crippen molar-refractivity contribution in [3.05, 3.63) is 65.0 Å². The summed E-state index contributed by atoms with van der Waals surface area (Å²) in [5.74, 6) is -0.779. The number of halogens is 1. The number of hydrogen-bond donors (Lipinski definition) is 1. The highest BCUT2D eigenvalue weighted by Crippen LogP contribution is 2.25. The Kier molecular flexibility index (Phi) is 10.9. The molecule has 1 atom stereocenters. The van der Waals surface area contributed by atoms with Gasteiger partial charge < -0.3 is 10.2 Å². The summed E-state index contributed by atoms with van der Waals surface area (Å²) in [7, 11) is -3.57. The minimum Gasteiger partial charge on any atom is -0.352 e. The first-order valence-electron chi connectivity index (χ1n) is 13.9. The van der Waals surface area contributed by atoms with Gasteiger partial charge in [0, 0.05) is 25.6 Å². The number of carbonyl (C=O) groups excluding carboxylic acids is 2. The molecule has 1 fully saturated rings. The number of anilines is 1. The molecule has 0 bridgehead atoms. The maximum absolute atomic E-state index is 13.6. The molecular formula is C30H42FN3O4S. The summed E-state index contributed by atoms with van der Waals surface area (Å²) in [5.41, 5.74) is 3.11. The van der Waals surface area contributed by atoms with Crippen molar-refractivity contribution in [1.29, 1.82) is 0 Å². The van der Waals surface area contributed by atoms with E-state index in [4.69, 9.17) is 0 Å². The summed E-state index contributed by atoms with van der Waals surface area (Å²) in [4.78, 5) is 28.5. The molecule has 2 aromatic carbocycles. The zero-order valence-electron chi connectivity index (χ0n) is 23.6. The summed E-state index contributed by atoms with van der Waals surface area (Å²) in [5, 5.41) is 3.15. The van der Waals surface area contributed by atoms with Crippen LogP contribution in [0, 0.1) is 19.7 Å². The quantitative estimate of drug-likeness (QED) is 0.385. The molecule has 2 aromatic rings. The van der Waals surface area contributed by atoms with E-state index >= 15 is 0 Å². The summed E-state index contributed by atoms with van der Waals surface area (Å²) in [6.45, 7) is 5.96. The van der Waals surface area contributed by atoms with Crippen LogP contribution in [0.3, 0.4) is 0 Å². The van der Waals surface area contributed by atoms with Crippen LogP contribution in [-0.2, 0) is 26.2 Å². The monoisotopic (exact) mass is 559 g/mol. The highest BCUT2D eigenvalue weighted by molar-refractivity contribution is 7.92. The van der Waals surface area contributed by atoms with Gasteiger partial charge in [-0.1, -0.05) is 50.5 Å². The molecule has 1 aliphatic rings. The van der Waals surface area contributed by atoms with E-state index in [1.165, 1.54) is 29.1 Å². The van der Waals surface area contributed by atoms with Crippen LogP contribution in [0.1, 0.15) is 75.0 Å². The number of nitrogens with one attached hydrogen (secondary N) is 1. The number of amides is 2. The van der Waals surface area contributed by atoms with Gasteiger partial charge in [0.25, 0.3) is 0 Å². The number of carbonyl (C=O) groups is 2. The van der Waals surface area contributed by atoms with Crippen LogP contribution in [-0.4, -0.2) is 50.0 Å². The number of sulfonamides is 1. The lowest BCUT2D eigenvalue weighted by Gasteiger charge is -2.33. The Bertz CT molecular complexity index is 1230. The Labute approximate surface area is 232 Å². The smallest absolute Gasteiger partial charge is 0.243 e. The van der Waals surface area contributed by atoms with E-state index in [1.54, 1.807) is 17.0 Å². The molecule has 0 radical (unpaired) electrons. The highest BCUT2D eigenvalue weighted by Gasteiger charge is 2.30. The van der Waals surface area contributed by atoms with Crippen molar-refractivity contribution in [2.24, 2.45) is 0 Å². The molecule has 0 aliphatic heterocycles. The van der Waals surface area contributed by atoms with Crippen molar-refractivity contribution < 1.29 is 22.4 Å². The minimum absolute atomic E-state index is 0.0747. The second-order valence-corrected chi connectivity index (χ2v) is 12.6. The van der Waals surface area contributed by atoms with Crippen LogP contribution < -0.4 is 9.62 Å². The Morgan fingerprint density at radius 1 is 1.05 bits per heavy atom. The van der Waals surface area contributed by atoms with E-state index in [0.29, 0.717) is 18.5 Å². The molecule has 214 valence electrons. The second kappa shape index (κ2) is 13.9. The molecule has 1 aliphatic carbocycles. The third-order valence-corrected chi connectivity index (χ3v) is 8.57. The number of rotatable bonds is 12. The average molecular weight is 560 g/mol. The van der Waals surface area contributed by atoms with E-state index in [0.717, 1.165) is 42.4 Å². The zero-order valence-corrected chi connectivity index (χ0v) is 24.4. The van der Waals surface area contributed by atoms with Gasteiger partial charge in [0.15, 0.2) is 0 Å². The van der Waals surface area contributed by atoms with E-state index in [2.05, 4.69) is 5.32 Å². The maximum Gasteiger partial charge on any atom is 0.243 e. The van der Waals surface area contributed by atoms with Crippen molar-refractivity contribution in [2.75, 3.05) is 17.1 Å². The predicted octanol–water partition coefficient (Wildman–Crippen LogP) is 5.25. The molecule has 0 spiro atoms. The largest absolute Gasteiger partial charge is 0.352 e. The van der Waals surface area contributed by atoms with Gasteiger partial charge in [0.1, 0.15) is 11.9 Å². The fourth-order valence-corrected chi connectivity index (χ4v) is 6.24. The van der Waals surface area contributed by atoms with Crippen LogP contribution in [0.4, 0.5) is 10.1 Å². The molecule has 3 rings (SSSR count). The first-order chi connectivity index (χ1) is 18.5. The topological polar surface area (TPSA) is 86.8 Å². The first kappa shape index (κ1) is 30.6. The van der Waals surface area contributed by atoms with Crippen LogP contribution in [0.25, 0.3) is 0 Å². The molecule has 0 aromatic heterocycles. The molecule has 0 unspecified atom stereocenters.